The third-order valence-corrected chi connectivity index (χ3v) is 7.70. The third-order valence-electron chi connectivity index (χ3n) is 7.70. The second-order valence-corrected chi connectivity index (χ2v) is 11.6. The van der Waals surface area contributed by atoms with Gasteiger partial charge in [-0.1, -0.05) is 12.1 Å². The minimum Gasteiger partial charge on any atom is -0.497 e. The first-order valence-corrected chi connectivity index (χ1v) is 13.1. The highest BCUT2D eigenvalue weighted by molar-refractivity contribution is 5.94. The summed E-state index contributed by atoms with van der Waals surface area (Å²) >= 11 is 0. The topological polar surface area (TPSA) is 85.9 Å². The Bertz CT molecular complexity index is 1200. The molecule has 10 heteroatoms. The molecule has 7 nitrogen and oxygen atoms in total. The normalized spacial score (nSPS) is 22.2. The molecule has 3 saturated carbocycles. The van der Waals surface area contributed by atoms with E-state index in [0.717, 1.165) is 38.5 Å². The van der Waals surface area contributed by atoms with E-state index in [-0.39, 0.29) is 24.1 Å². The van der Waals surface area contributed by atoms with Crippen LogP contribution >= 0.6 is 0 Å². The first kappa shape index (κ1) is 28.6. The molecule has 39 heavy (non-hydrogen) atoms. The molecule has 3 aliphatic carbocycles. The molecule has 0 aromatic heterocycles. The number of amides is 2. The van der Waals surface area contributed by atoms with Crippen LogP contribution in [-0.2, 0) is 11.3 Å². The summed E-state index contributed by atoms with van der Waals surface area (Å²) < 4.78 is 59.9. The minimum atomic E-state index is -1.56. The lowest BCUT2D eigenvalue weighted by molar-refractivity contribution is 0.00518. The van der Waals surface area contributed by atoms with Crippen LogP contribution in [-0.4, -0.2) is 36.8 Å². The molecule has 212 valence electrons. The number of benzene rings is 2. The lowest BCUT2D eigenvalue weighted by Gasteiger charge is -2.53. The number of halogens is 3. The van der Waals surface area contributed by atoms with Crippen LogP contribution in [0.15, 0.2) is 30.3 Å². The van der Waals surface area contributed by atoms with Crippen LogP contribution < -0.4 is 20.1 Å². The van der Waals surface area contributed by atoms with E-state index in [4.69, 9.17) is 14.2 Å². The van der Waals surface area contributed by atoms with E-state index in [0.29, 0.717) is 17.4 Å². The fraction of sp³-hybridized carbons (Fsp3) is 0.517. The Balaban J connectivity index is 1.35. The van der Waals surface area contributed by atoms with Gasteiger partial charge in [0.25, 0.3) is 5.91 Å². The second kappa shape index (κ2) is 11.0. The van der Waals surface area contributed by atoms with Gasteiger partial charge < -0.3 is 24.8 Å². The van der Waals surface area contributed by atoms with Crippen molar-refractivity contribution in [3.63, 3.8) is 0 Å². The van der Waals surface area contributed by atoms with Crippen LogP contribution in [0.5, 0.6) is 11.5 Å². The van der Waals surface area contributed by atoms with Gasteiger partial charge in [0.2, 0.25) is 5.82 Å². The fourth-order valence-electron chi connectivity index (χ4n) is 5.35. The molecule has 0 unspecified atom stereocenters. The summed E-state index contributed by atoms with van der Waals surface area (Å²) in [6.45, 7) is 5.47. The van der Waals surface area contributed by atoms with E-state index in [2.05, 4.69) is 10.6 Å². The summed E-state index contributed by atoms with van der Waals surface area (Å²) in [5.41, 5.74) is -1.27. The molecule has 0 heterocycles. The second-order valence-electron chi connectivity index (χ2n) is 11.6. The summed E-state index contributed by atoms with van der Waals surface area (Å²) in [5, 5.41) is 5.71. The first-order chi connectivity index (χ1) is 18.3. The van der Waals surface area contributed by atoms with Crippen LogP contribution in [0.3, 0.4) is 0 Å². The quantitative estimate of drug-likeness (QED) is 0.393. The van der Waals surface area contributed by atoms with Gasteiger partial charge in [0, 0.05) is 12.1 Å². The number of carbonyl (C=O) groups is 2. The lowest BCUT2D eigenvalue weighted by Crippen LogP contribution is -2.59. The zero-order chi connectivity index (χ0) is 28.4. The average molecular weight is 549 g/mol. The number of alkyl carbamates (subject to hydrolysis) is 1. The minimum absolute atomic E-state index is 0.199. The molecule has 0 atom stereocenters. The van der Waals surface area contributed by atoms with E-state index in [1.54, 1.807) is 24.3 Å². The molecule has 3 fully saturated rings. The molecular weight excluding hydrogens is 513 g/mol. The Kier molecular flexibility index (Phi) is 8.04. The Hall–Kier alpha value is -3.43. The lowest BCUT2D eigenvalue weighted by atomic mass is 9.57. The van der Waals surface area contributed by atoms with Gasteiger partial charge in [0.15, 0.2) is 17.4 Å². The number of carbonyl (C=O) groups excluding carboxylic acids is 2. The van der Waals surface area contributed by atoms with Crippen molar-refractivity contribution in [3.8, 4) is 11.5 Å². The summed E-state index contributed by atoms with van der Waals surface area (Å²) in [6, 6.07) is 7.29. The number of hydrogen-bond donors (Lipinski definition) is 2. The van der Waals surface area contributed by atoms with Crippen molar-refractivity contribution >= 4 is 12.0 Å². The predicted octanol–water partition coefficient (Wildman–Crippen LogP) is 6.04. The van der Waals surface area contributed by atoms with Gasteiger partial charge in [-0.15, -0.1) is 0 Å². The first-order valence-electron chi connectivity index (χ1n) is 13.1. The molecule has 2 amide bonds. The monoisotopic (exact) mass is 548 g/mol. The summed E-state index contributed by atoms with van der Waals surface area (Å²) in [4.78, 5) is 25.1. The number of fused-ring (bicyclic) bond motifs is 3. The van der Waals surface area contributed by atoms with Gasteiger partial charge in [0.1, 0.15) is 18.0 Å². The third kappa shape index (κ3) is 6.59. The van der Waals surface area contributed by atoms with Crippen molar-refractivity contribution in [1.82, 2.24) is 10.6 Å². The summed E-state index contributed by atoms with van der Waals surface area (Å²) in [7, 11) is 1.51. The van der Waals surface area contributed by atoms with E-state index < -0.39 is 46.4 Å². The van der Waals surface area contributed by atoms with Crippen LogP contribution in [0.25, 0.3) is 0 Å². The number of ether oxygens (including phenoxy) is 3. The van der Waals surface area contributed by atoms with Crippen LogP contribution in [0.2, 0.25) is 0 Å². The molecule has 2 aromatic rings. The zero-order valence-electron chi connectivity index (χ0n) is 22.7. The van der Waals surface area contributed by atoms with Crippen LogP contribution in [0.1, 0.15) is 75.2 Å². The Morgan fingerprint density at radius 1 is 0.949 bits per heavy atom. The summed E-state index contributed by atoms with van der Waals surface area (Å²) in [6.07, 6.45) is 3.95. The standard InChI is InChI=1S/C29H35F3N2O5/c1-27(2,3)39-26(36)34-29-12-9-28(10-13-29,11-14-29)17-33-25(35)20-15-21(30)24(23(32)22(20)31)38-16-18-5-7-19(37-4)8-6-18/h5-8,15H,9-14,16-17H2,1-4H3,(H,33,35)(H,34,36)/t28-,29+. The maximum atomic E-state index is 14.8. The number of rotatable bonds is 8. The van der Waals surface area contributed by atoms with Gasteiger partial charge in [-0.25, -0.2) is 13.6 Å². The van der Waals surface area contributed by atoms with Crippen LogP contribution in [0.4, 0.5) is 18.0 Å². The molecule has 0 aliphatic heterocycles. The van der Waals surface area contributed by atoms with Crippen molar-refractivity contribution in [2.24, 2.45) is 5.41 Å². The van der Waals surface area contributed by atoms with Gasteiger partial charge in [-0.2, -0.15) is 4.39 Å². The smallest absolute Gasteiger partial charge is 0.408 e. The van der Waals surface area contributed by atoms with Crippen molar-refractivity contribution < 1.29 is 37.0 Å². The van der Waals surface area contributed by atoms with E-state index in [1.165, 1.54) is 7.11 Å². The highest BCUT2D eigenvalue weighted by Gasteiger charge is 2.49. The van der Waals surface area contributed by atoms with Gasteiger partial charge in [0.05, 0.1) is 12.7 Å². The number of nitrogens with one attached hydrogen (secondary N) is 2. The van der Waals surface area contributed by atoms with E-state index >= 15 is 0 Å². The predicted molar refractivity (Wildman–Crippen MR) is 138 cm³/mol. The Morgan fingerprint density at radius 3 is 2.13 bits per heavy atom. The SMILES string of the molecule is COc1ccc(COc2c(F)cc(C(=O)NC[C@]34CC[C@](NC(=O)OC(C)(C)C)(CC3)CC4)c(F)c2F)cc1. The zero-order valence-corrected chi connectivity index (χ0v) is 22.7. The number of hydrogen-bond acceptors (Lipinski definition) is 5. The summed E-state index contributed by atoms with van der Waals surface area (Å²) in [5.74, 6) is -5.36. The van der Waals surface area contributed by atoms with Crippen molar-refractivity contribution in [1.29, 1.82) is 0 Å². The molecule has 5 rings (SSSR count). The Morgan fingerprint density at radius 2 is 1.56 bits per heavy atom. The molecule has 0 saturated heterocycles. The van der Waals surface area contributed by atoms with Gasteiger partial charge in [-0.05, 0) is 88.5 Å². The maximum Gasteiger partial charge on any atom is 0.408 e. The molecule has 0 spiro atoms. The molecular formula is C29H35F3N2O5. The molecule has 0 radical (unpaired) electrons. The van der Waals surface area contributed by atoms with E-state index in [9.17, 15) is 22.8 Å². The van der Waals surface area contributed by atoms with Gasteiger partial charge in [-0.3, -0.25) is 4.79 Å². The van der Waals surface area contributed by atoms with Crippen molar-refractivity contribution in [2.45, 2.75) is 77.0 Å². The highest BCUT2D eigenvalue weighted by Crippen LogP contribution is 2.52. The molecule has 2 bridgehead atoms. The molecule has 3 aliphatic rings. The van der Waals surface area contributed by atoms with Gasteiger partial charge >= 0.3 is 6.09 Å². The Labute approximate surface area is 226 Å². The fourth-order valence-corrected chi connectivity index (χ4v) is 5.35. The number of methoxy groups -OCH3 is 1. The average Bonchev–Trinajstić information content (AvgIpc) is 2.89. The van der Waals surface area contributed by atoms with E-state index in [1.807, 2.05) is 20.8 Å². The van der Waals surface area contributed by atoms with Crippen molar-refractivity contribution in [2.75, 3.05) is 13.7 Å². The molecule has 2 N–H and O–H groups in total. The molecule has 2 aromatic carbocycles. The van der Waals surface area contributed by atoms with Crippen LogP contribution in [0, 0.1) is 22.9 Å². The largest absolute Gasteiger partial charge is 0.497 e. The highest BCUT2D eigenvalue weighted by atomic mass is 19.2. The van der Waals surface area contributed by atoms with Crippen molar-refractivity contribution in [3.05, 3.63) is 58.9 Å². The maximum absolute atomic E-state index is 14.8.